The van der Waals surface area contributed by atoms with E-state index in [-0.39, 0.29) is 10.8 Å². The minimum absolute atomic E-state index is 0.210. The Morgan fingerprint density at radius 2 is 1.88 bits per heavy atom. The Labute approximate surface area is 150 Å². The molecule has 8 heteroatoms. The molecule has 1 aliphatic heterocycles. The van der Waals surface area contributed by atoms with Crippen molar-refractivity contribution < 1.29 is 17.9 Å². The lowest BCUT2D eigenvalue weighted by molar-refractivity contribution is -0.111. The van der Waals surface area contributed by atoms with Gasteiger partial charge in [0.1, 0.15) is 0 Å². The Morgan fingerprint density at radius 1 is 1.16 bits per heavy atom. The predicted molar refractivity (Wildman–Crippen MR) is 98.0 cm³/mol. The lowest BCUT2D eigenvalue weighted by Crippen LogP contribution is -2.40. The van der Waals surface area contributed by atoms with Crippen molar-refractivity contribution >= 4 is 39.0 Å². The fourth-order valence-corrected chi connectivity index (χ4v) is 4.40. The van der Waals surface area contributed by atoms with Crippen LogP contribution in [0.1, 0.15) is 4.88 Å². The normalized spacial score (nSPS) is 16.2. The number of rotatable bonds is 5. The third-order valence-electron chi connectivity index (χ3n) is 3.67. The standard InChI is InChI=1S/C17H18N2O4S2/c20-17(8-5-15-2-1-13-24-15)18-14-3-6-16(7-4-14)25(21,22)19-9-11-23-12-10-19/h1-8,13H,9-12H2,(H,18,20)/b8-5+. The molecule has 0 aliphatic carbocycles. The largest absolute Gasteiger partial charge is 0.379 e. The van der Waals surface area contributed by atoms with Gasteiger partial charge in [0, 0.05) is 29.7 Å². The van der Waals surface area contributed by atoms with Gasteiger partial charge in [0.15, 0.2) is 0 Å². The van der Waals surface area contributed by atoms with E-state index in [2.05, 4.69) is 5.32 Å². The zero-order valence-corrected chi connectivity index (χ0v) is 15.1. The molecule has 1 saturated heterocycles. The van der Waals surface area contributed by atoms with Gasteiger partial charge in [-0.1, -0.05) is 6.07 Å². The molecule has 25 heavy (non-hydrogen) atoms. The van der Waals surface area contributed by atoms with E-state index in [1.807, 2.05) is 17.5 Å². The number of carbonyl (C=O) groups excluding carboxylic acids is 1. The molecular formula is C17H18N2O4S2. The maximum Gasteiger partial charge on any atom is 0.248 e. The number of morpholine rings is 1. The monoisotopic (exact) mass is 378 g/mol. The summed E-state index contributed by atoms with van der Waals surface area (Å²) in [5.41, 5.74) is 0.543. The van der Waals surface area contributed by atoms with Crippen LogP contribution in [-0.4, -0.2) is 44.9 Å². The molecule has 2 aromatic rings. The summed E-state index contributed by atoms with van der Waals surface area (Å²) in [5.74, 6) is -0.266. The van der Waals surface area contributed by atoms with E-state index >= 15 is 0 Å². The van der Waals surface area contributed by atoms with Crippen LogP contribution >= 0.6 is 11.3 Å². The Kier molecular flexibility index (Phi) is 5.64. The molecule has 1 aromatic heterocycles. The van der Waals surface area contributed by atoms with Gasteiger partial charge in [-0.2, -0.15) is 4.31 Å². The quantitative estimate of drug-likeness (QED) is 0.811. The number of amides is 1. The lowest BCUT2D eigenvalue weighted by Gasteiger charge is -2.26. The summed E-state index contributed by atoms with van der Waals surface area (Å²) in [6.07, 6.45) is 3.18. The van der Waals surface area contributed by atoms with Crippen molar-refractivity contribution in [1.29, 1.82) is 0 Å². The van der Waals surface area contributed by atoms with E-state index in [0.717, 1.165) is 4.88 Å². The highest BCUT2D eigenvalue weighted by atomic mass is 32.2. The Morgan fingerprint density at radius 3 is 2.52 bits per heavy atom. The van der Waals surface area contributed by atoms with Crippen LogP contribution in [0.2, 0.25) is 0 Å². The maximum atomic E-state index is 12.5. The minimum atomic E-state index is -3.52. The first-order valence-corrected chi connectivity index (χ1v) is 10.1. The third-order valence-corrected chi connectivity index (χ3v) is 6.42. The van der Waals surface area contributed by atoms with Crippen molar-refractivity contribution in [3.05, 3.63) is 52.7 Å². The fourth-order valence-electron chi connectivity index (χ4n) is 2.37. The van der Waals surface area contributed by atoms with E-state index in [1.54, 1.807) is 29.5 Å². The van der Waals surface area contributed by atoms with E-state index in [4.69, 9.17) is 4.74 Å². The van der Waals surface area contributed by atoms with Gasteiger partial charge in [-0.05, 0) is 41.8 Å². The molecule has 3 rings (SSSR count). The van der Waals surface area contributed by atoms with Crippen molar-refractivity contribution in [2.45, 2.75) is 4.90 Å². The second-order valence-corrected chi connectivity index (χ2v) is 8.30. The number of carbonyl (C=O) groups is 1. The van der Waals surface area contributed by atoms with Crippen molar-refractivity contribution in [2.24, 2.45) is 0 Å². The van der Waals surface area contributed by atoms with Gasteiger partial charge in [-0.15, -0.1) is 11.3 Å². The molecule has 0 saturated carbocycles. The molecule has 0 spiro atoms. The summed E-state index contributed by atoms with van der Waals surface area (Å²) in [4.78, 5) is 13.1. The van der Waals surface area contributed by atoms with Crippen LogP contribution in [0.5, 0.6) is 0 Å². The third kappa shape index (κ3) is 4.55. The van der Waals surface area contributed by atoms with Crippen molar-refractivity contribution in [3.63, 3.8) is 0 Å². The van der Waals surface area contributed by atoms with Crippen molar-refractivity contribution in [2.75, 3.05) is 31.6 Å². The number of nitrogens with zero attached hydrogens (tertiary/aromatic N) is 1. The van der Waals surface area contributed by atoms with Gasteiger partial charge < -0.3 is 10.1 Å². The Hall–Kier alpha value is -2.00. The highest BCUT2D eigenvalue weighted by Gasteiger charge is 2.26. The zero-order valence-electron chi connectivity index (χ0n) is 13.4. The first-order chi connectivity index (χ1) is 12.1. The van der Waals surface area contributed by atoms with Crippen molar-refractivity contribution in [3.8, 4) is 0 Å². The molecule has 0 radical (unpaired) electrons. The number of thiophene rings is 1. The number of ether oxygens (including phenoxy) is 1. The number of nitrogens with one attached hydrogen (secondary N) is 1. The highest BCUT2D eigenvalue weighted by Crippen LogP contribution is 2.19. The van der Waals surface area contributed by atoms with E-state index in [9.17, 15) is 13.2 Å². The summed E-state index contributed by atoms with van der Waals surface area (Å²) >= 11 is 1.54. The average molecular weight is 378 g/mol. The SMILES string of the molecule is O=C(/C=C/c1cccs1)Nc1ccc(S(=O)(=O)N2CCOCC2)cc1. The van der Waals surface area contributed by atoms with E-state index < -0.39 is 10.0 Å². The molecule has 6 nitrogen and oxygen atoms in total. The first kappa shape index (κ1) is 17.8. The van der Waals surface area contributed by atoms with E-state index in [0.29, 0.717) is 32.0 Å². The molecule has 0 atom stereocenters. The van der Waals surface area contributed by atoms with Gasteiger partial charge in [0.2, 0.25) is 15.9 Å². The molecule has 0 unspecified atom stereocenters. The van der Waals surface area contributed by atoms with Gasteiger partial charge in [-0.3, -0.25) is 4.79 Å². The molecule has 2 heterocycles. The average Bonchev–Trinajstić information content (AvgIpc) is 3.15. The summed E-state index contributed by atoms with van der Waals surface area (Å²) in [6, 6.07) is 10.0. The van der Waals surface area contributed by atoms with Crippen LogP contribution in [0.4, 0.5) is 5.69 Å². The maximum absolute atomic E-state index is 12.5. The molecule has 1 aromatic carbocycles. The van der Waals surface area contributed by atoms with Crippen LogP contribution in [0.25, 0.3) is 6.08 Å². The lowest BCUT2D eigenvalue weighted by atomic mass is 10.3. The summed E-state index contributed by atoms with van der Waals surface area (Å²) in [6.45, 7) is 1.52. The van der Waals surface area contributed by atoms with Gasteiger partial charge in [0.25, 0.3) is 0 Å². The fraction of sp³-hybridized carbons (Fsp3) is 0.235. The highest BCUT2D eigenvalue weighted by molar-refractivity contribution is 7.89. The Balaban J connectivity index is 1.64. The van der Waals surface area contributed by atoms with Crippen LogP contribution in [0, 0.1) is 0 Å². The predicted octanol–water partition coefficient (Wildman–Crippen LogP) is 2.42. The number of anilines is 1. The van der Waals surface area contributed by atoms with Crippen LogP contribution in [-0.2, 0) is 19.6 Å². The molecule has 1 fully saturated rings. The molecule has 1 amide bonds. The first-order valence-electron chi connectivity index (χ1n) is 7.76. The second kappa shape index (κ2) is 7.92. The summed E-state index contributed by atoms with van der Waals surface area (Å²) in [7, 11) is -3.52. The molecular weight excluding hydrogens is 360 g/mol. The van der Waals surface area contributed by atoms with Crippen molar-refractivity contribution in [1.82, 2.24) is 4.31 Å². The van der Waals surface area contributed by atoms with Gasteiger partial charge in [-0.25, -0.2) is 8.42 Å². The molecule has 1 N–H and O–H groups in total. The molecule has 1 aliphatic rings. The Bertz CT molecular complexity index is 837. The zero-order chi connectivity index (χ0) is 17.7. The number of benzene rings is 1. The van der Waals surface area contributed by atoms with Crippen LogP contribution < -0.4 is 5.32 Å². The number of hydrogen-bond acceptors (Lipinski definition) is 5. The molecule has 132 valence electrons. The van der Waals surface area contributed by atoms with E-state index in [1.165, 1.54) is 22.5 Å². The smallest absolute Gasteiger partial charge is 0.248 e. The minimum Gasteiger partial charge on any atom is -0.379 e. The van der Waals surface area contributed by atoms with Gasteiger partial charge >= 0.3 is 0 Å². The van der Waals surface area contributed by atoms with Crippen LogP contribution in [0.3, 0.4) is 0 Å². The topological polar surface area (TPSA) is 75.7 Å². The second-order valence-electron chi connectivity index (χ2n) is 5.38. The number of sulfonamides is 1. The van der Waals surface area contributed by atoms with Gasteiger partial charge in [0.05, 0.1) is 18.1 Å². The molecule has 0 bridgehead atoms. The van der Waals surface area contributed by atoms with Crippen LogP contribution in [0.15, 0.2) is 52.7 Å². The summed E-state index contributed by atoms with van der Waals surface area (Å²) in [5, 5.41) is 4.65. The summed E-state index contributed by atoms with van der Waals surface area (Å²) < 4.78 is 31.6. The number of hydrogen-bond donors (Lipinski definition) is 1.